The van der Waals surface area contributed by atoms with Gasteiger partial charge in [-0.25, -0.2) is 4.79 Å². The minimum Gasteiger partial charge on any atom is -0.462 e. The molecule has 1 amide bonds. The molecule has 0 radical (unpaired) electrons. The summed E-state index contributed by atoms with van der Waals surface area (Å²) >= 11 is 0. The Morgan fingerprint density at radius 2 is 1.73 bits per heavy atom. The quantitative estimate of drug-likeness (QED) is 0.362. The summed E-state index contributed by atoms with van der Waals surface area (Å²) < 4.78 is 4.91. The van der Waals surface area contributed by atoms with Crippen LogP contribution in [0.5, 0.6) is 0 Å². The fourth-order valence-electron chi connectivity index (χ4n) is 1.57. The van der Waals surface area contributed by atoms with Gasteiger partial charge in [0.15, 0.2) is 0 Å². The molecule has 0 aliphatic heterocycles. The van der Waals surface area contributed by atoms with Gasteiger partial charge in [0.1, 0.15) is 5.78 Å². The van der Waals surface area contributed by atoms with Crippen LogP contribution in [0.1, 0.15) is 59.8 Å². The van der Waals surface area contributed by atoms with Crippen LogP contribution in [0.2, 0.25) is 0 Å². The van der Waals surface area contributed by atoms with E-state index in [1.807, 2.05) is 20.8 Å². The Kier molecular flexibility index (Phi) is 9.38. The van der Waals surface area contributed by atoms with Crippen LogP contribution in [0.25, 0.3) is 0 Å². The first kappa shape index (κ1) is 20.3. The molecule has 0 aromatic heterocycles. The van der Waals surface area contributed by atoms with E-state index in [9.17, 15) is 14.4 Å². The van der Waals surface area contributed by atoms with Gasteiger partial charge >= 0.3 is 5.97 Å². The lowest BCUT2D eigenvalue weighted by Gasteiger charge is -2.21. The van der Waals surface area contributed by atoms with Crippen molar-refractivity contribution in [2.75, 3.05) is 13.2 Å². The number of nitrogens with one attached hydrogen (secondary N) is 1. The van der Waals surface area contributed by atoms with Gasteiger partial charge < -0.3 is 10.1 Å². The largest absolute Gasteiger partial charge is 0.462 e. The molecule has 0 bridgehead atoms. The highest BCUT2D eigenvalue weighted by Gasteiger charge is 2.24. The summed E-state index contributed by atoms with van der Waals surface area (Å²) in [6.45, 7) is 11.6. The smallest absolute Gasteiger partial charge is 0.333 e. The van der Waals surface area contributed by atoms with Crippen LogP contribution >= 0.6 is 0 Å². The highest BCUT2D eigenvalue weighted by atomic mass is 16.5. The Morgan fingerprint density at radius 3 is 2.27 bits per heavy atom. The van der Waals surface area contributed by atoms with Crippen LogP contribution in [0.3, 0.4) is 0 Å². The number of Topliss-reactive ketones (excluding diaryl/α,β-unsaturated/α-hetero) is 1. The molecular formula is C17H29NO4. The van der Waals surface area contributed by atoms with E-state index in [1.165, 1.54) is 0 Å². The normalized spacial score (nSPS) is 10.9. The Labute approximate surface area is 133 Å². The van der Waals surface area contributed by atoms with Gasteiger partial charge in [0.25, 0.3) is 0 Å². The van der Waals surface area contributed by atoms with Crippen LogP contribution in [0.4, 0.5) is 0 Å². The van der Waals surface area contributed by atoms with Crippen molar-refractivity contribution >= 4 is 17.7 Å². The van der Waals surface area contributed by atoms with Crippen molar-refractivity contribution < 1.29 is 19.1 Å². The van der Waals surface area contributed by atoms with Crippen molar-refractivity contribution in [3.05, 3.63) is 12.2 Å². The van der Waals surface area contributed by atoms with Crippen LogP contribution in [-0.4, -0.2) is 30.8 Å². The maximum atomic E-state index is 11.8. The molecular weight excluding hydrogens is 282 g/mol. The molecule has 0 saturated carbocycles. The van der Waals surface area contributed by atoms with Crippen molar-refractivity contribution in [1.29, 1.82) is 0 Å². The molecule has 0 aliphatic carbocycles. The number of rotatable bonds is 11. The van der Waals surface area contributed by atoms with Crippen LogP contribution in [-0.2, 0) is 19.1 Å². The monoisotopic (exact) mass is 311 g/mol. The van der Waals surface area contributed by atoms with Gasteiger partial charge in [-0.2, -0.15) is 0 Å². The summed E-state index contributed by atoms with van der Waals surface area (Å²) in [4.78, 5) is 34.6. The summed E-state index contributed by atoms with van der Waals surface area (Å²) in [5.41, 5.74) is -0.00552. The molecule has 0 fully saturated rings. The van der Waals surface area contributed by atoms with Crippen LogP contribution < -0.4 is 5.32 Å². The highest BCUT2D eigenvalue weighted by molar-refractivity contribution is 5.87. The molecule has 0 aromatic carbocycles. The second-order valence-corrected chi connectivity index (χ2v) is 6.16. The fourth-order valence-corrected chi connectivity index (χ4v) is 1.57. The van der Waals surface area contributed by atoms with E-state index in [4.69, 9.17) is 4.74 Å². The standard InChI is InChI=1S/C17H29NO4/c1-6-17(4,5)16(21)18-11-7-9-14(19)10-8-12-22-15(20)13(2)3/h2,6-12H2,1,3-5H3,(H,18,21). The number of ketones is 1. The van der Waals surface area contributed by atoms with E-state index in [-0.39, 0.29) is 23.7 Å². The summed E-state index contributed by atoms with van der Waals surface area (Å²) in [6.07, 6.45) is 2.75. The third kappa shape index (κ3) is 8.60. The number of esters is 1. The van der Waals surface area contributed by atoms with Gasteiger partial charge in [-0.15, -0.1) is 0 Å². The van der Waals surface area contributed by atoms with Crippen molar-refractivity contribution in [3.8, 4) is 0 Å². The second kappa shape index (κ2) is 10.1. The van der Waals surface area contributed by atoms with Gasteiger partial charge in [0, 0.05) is 30.4 Å². The third-order valence-electron chi connectivity index (χ3n) is 3.60. The molecule has 0 heterocycles. The lowest BCUT2D eigenvalue weighted by Crippen LogP contribution is -2.37. The highest BCUT2D eigenvalue weighted by Crippen LogP contribution is 2.19. The van der Waals surface area contributed by atoms with E-state index in [1.54, 1.807) is 6.92 Å². The fraction of sp³-hybridized carbons (Fsp3) is 0.706. The van der Waals surface area contributed by atoms with E-state index in [0.29, 0.717) is 37.8 Å². The van der Waals surface area contributed by atoms with Crippen molar-refractivity contribution in [3.63, 3.8) is 0 Å². The molecule has 22 heavy (non-hydrogen) atoms. The Hall–Kier alpha value is -1.65. The van der Waals surface area contributed by atoms with E-state index >= 15 is 0 Å². The average Bonchev–Trinajstić information content (AvgIpc) is 2.47. The molecule has 0 aromatic rings. The number of ether oxygens (including phenoxy) is 1. The lowest BCUT2D eigenvalue weighted by atomic mass is 9.89. The Morgan fingerprint density at radius 1 is 1.14 bits per heavy atom. The van der Waals surface area contributed by atoms with Gasteiger partial charge in [0.05, 0.1) is 6.61 Å². The van der Waals surface area contributed by atoms with Gasteiger partial charge in [-0.05, 0) is 26.2 Å². The van der Waals surface area contributed by atoms with Crippen molar-refractivity contribution in [1.82, 2.24) is 5.32 Å². The molecule has 1 N–H and O–H groups in total. The second-order valence-electron chi connectivity index (χ2n) is 6.16. The zero-order chi connectivity index (χ0) is 17.2. The van der Waals surface area contributed by atoms with Crippen LogP contribution in [0.15, 0.2) is 12.2 Å². The molecule has 0 unspecified atom stereocenters. The Bertz CT molecular complexity index is 413. The SMILES string of the molecule is C=C(C)C(=O)OCCCC(=O)CCCNC(=O)C(C)(C)CC. The average molecular weight is 311 g/mol. The number of hydrogen-bond donors (Lipinski definition) is 1. The van der Waals surface area contributed by atoms with Gasteiger partial charge in [-0.3, -0.25) is 9.59 Å². The maximum Gasteiger partial charge on any atom is 0.333 e. The van der Waals surface area contributed by atoms with Gasteiger partial charge in [-0.1, -0.05) is 27.4 Å². The van der Waals surface area contributed by atoms with E-state index in [2.05, 4.69) is 11.9 Å². The molecule has 126 valence electrons. The predicted octanol–water partition coefficient (Wildman–Crippen LogP) is 2.79. The molecule has 5 nitrogen and oxygen atoms in total. The minimum absolute atomic E-state index is 0.0224. The number of carbonyl (C=O) groups excluding carboxylic acids is 3. The number of carbonyl (C=O) groups is 3. The van der Waals surface area contributed by atoms with Gasteiger partial charge in [0.2, 0.25) is 5.91 Å². The first-order valence-electron chi connectivity index (χ1n) is 7.83. The zero-order valence-electron chi connectivity index (χ0n) is 14.3. The summed E-state index contributed by atoms with van der Waals surface area (Å²) in [5.74, 6) is -0.279. The summed E-state index contributed by atoms with van der Waals surface area (Å²) in [7, 11) is 0. The molecule has 0 atom stereocenters. The van der Waals surface area contributed by atoms with Crippen LogP contribution in [0, 0.1) is 5.41 Å². The molecule has 0 aliphatic rings. The summed E-state index contributed by atoms with van der Waals surface area (Å²) in [6, 6.07) is 0. The third-order valence-corrected chi connectivity index (χ3v) is 3.60. The molecule has 0 saturated heterocycles. The lowest BCUT2D eigenvalue weighted by molar-refractivity contribution is -0.139. The number of hydrogen-bond acceptors (Lipinski definition) is 4. The first-order chi connectivity index (χ1) is 10.2. The molecule has 0 spiro atoms. The van der Waals surface area contributed by atoms with Crippen molar-refractivity contribution in [2.24, 2.45) is 5.41 Å². The predicted molar refractivity (Wildman–Crippen MR) is 86.3 cm³/mol. The Balaban J connectivity index is 3.69. The van der Waals surface area contributed by atoms with E-state index in [0.717, 1.165) is 6.42 Å². The topological polar surface area (TPSA) is 72.5 Å². The maximum absolute atomic E-state index is 11.8. The number of amides is 1. The summed E-state index contributed by atoms with van der Waals surface area (Å²) in [5, 5.41) is 2.85. The molecule has 5 heteroatoms. The first-order valence-corrected chi connectivity index (χ1v) is 7.83. The molecule has 0 rings (SSSR count). The zero-order valence-corrected chi connectivity index (χ0v) is 14.3. The van der Waals surface area contributed by atoms with E-state index < -0.39 is 5.97 Å². The minimum atomic E-state index is -0.422. The van der Waals surface area contributed by atoms with Crippen molar-refractivity contribution in [2.45, 2.75) is 59.8 Å².